The summed E-state index contributed by atoms with van der Waals surface area (Å²) in [7, 11) is 0. The minimum atomic E-state index is -0.474. The van der Waals surface area contributed by atoms with Crippen molar-refractivity contribution in [3.8, 4) is 0 Å². The maximum absolute atomic E-state index is 10.9. The first kappa shape index (κ1) is 96.1. The van der Waals surface area contributed by atoms with Crippen molar-refractivity contribution in [2.24, 2.45) is 11.8 Å². The van der Waals surface area contributed by atoms with E-state index in [4.69, 9.17) is 0 Å². The highest BCUT2D eigenvalue weighted by molar-refractivity contribution is 5.30. The Morgan fingerprint density at radius 3 is 0.842 bits per heavy atom. The summed E-state index contributed by atoms with van der Waals surface area (Å²) < 4.78 is 0. The molecule has 0 aliphatic heterocycles. The Morgan fingerprint density at radius 2 is 0.544 bits per heavy atom. The third-order valence-electron chi connectivity index (χ3n) is 26.2. The van der Waals surface area contributed by atoms with Crippen LogP contribution in [0.15, 0.2) is 146 Å². The van der Waals surface area contributed by atoms with Gasteiger partial charge >= 0.3 is 0 Å². The minimum absolute atomic E-state index is 0.0994. The maximum atomic E-state index is 10.9. The maximum Gasteiger partial charge on any atom is 0.0790 e. The Kier molecular flexibility index (Phi) is 45.7. The lowest BCUT2D eigenvalue weighted by atomic mass is 9.76. The van der Waals surface area contributed by atoms with E-state index in [1.165, 1.54) is 211 Å². The van der Waals surface area contributed by atoms with Crippen molar-refractivity contribution in [2.45, 2.75) is 435 Å². The molecule has 5 unspecified atom stereocenters. The number of hydrogen-bond acceptors (Lipinski definition) is 8. The molecule has 6 fully saturated rings. The van der Waals surface area contributed by atoms with E-state index in [1.807, 2.05) is 36.4 Å². The average Bonchev–Trinajstić information content (AvgIpc) is 1.07. The second-order valence-electron chi connectivity index (χ2n) is 36.5. The van der Waals surface area contributed by atoms with Gasteiger partial charge in [-0.05, 0) is 284 Å². The molecule has 0 spiro atoms. The van der Waals surface area contributed by atoms with Gasteiger partial charge in [-0.15, -0.1) is 0 Å². The van der Waals surface area contributed by atoms with Gasteiger partial charge in [0.15, 0.2) is 0 Å². The smallest absolute Gasteiger partial charge is 0.0790 e. The van der Waals surface area contributed by atoms with E-state index in [9.17, 15) is 40.9 Å². The summed E-state index contributed by atoms with van der Waals surface area (Å²) in [5.74, 6) is 1.53. The van der Waals surface area contributed by atoms with Crippen molar-refractivity contribution in [3.05, 3.63) is 212 Å². The molecule has 6 aliphatic carbocycles. The number of aliphatic hydroxyl groups excluding tert-OH is 4. The second kappa shape index (κ2) is 54.2. The fraction of sp³-hybridized carbons (Fsp3) is 0.660. The lowest BCUT2D eigenvalue weighted by Crippen LogP contribution is -2.37. The van der Waals surface area contributed by atoms with Crippen LogP contribution in [-0.4, -0.2) is 69.4 Å². The Balaban J connectivity index is 0.000000190. The minimum Gasteiger partial charge on any atom is -0.393 e. The molecular formula is C106H164O8. The van der Waals surface area contributed by atoms with Gasteiger partial charge in [0.05, 0.1) is 46.8 Å². The molecule has 0 amide bonds. The molecule has 6 aromatic carbocycles. The van der Waals surface area contributed by atoms with E-state index in [0.29, 0.717) is 5.92 Å². The molecule has 0 saturated heterocycles. The lowest BCUT2D eigenvalue weighted by Gasteiger charge is -2.36. The van der Waals surface area contributed by atoms with Crippen molar-refractivity contribution in [2.75, 3.05) is 0 Å². The number of aliphatic hydroxyl groups is 8. The first-order valence-corrected chi connectivity index (χ1v) is 47.4. The van der Waals surface area contributed by atoms with Gasteiger partial charge < -0.3 is 40.9 Å². The summed E-state index contributed by atoms with van der Waals surface area (Å²) in [6.07, 6.45) is 59.3. The fourth-order valence-corrected chi connectivity index (χ4v) is 18.1. The number of hydrogen-bond donors (Lipinski definition) is 8. The zero-order valence-corrected chi connectivity index (χ0v) is 73.1. The Hall–Kier alpha value is -5.00. The molecule has 636 valence electrons. The number of unbranched alkanes of at least 4 members (excludes halogenated alkanes) is 3. The van der Waals surface area contributed by atoms with Gasteiger partial charge in [0.1, 0.15) is 0 Å². The Labute approximate surface area is 696 Å². The topological polar surface area (TPSA) is 162 Å². The molecule has 8 N–H and O–H groups in total. The first-order chi connectivity index (χ1) is 55.3. The van der Waals surface area contributed by atoms with Gasteiger partial charge in [-0.1, -0.05) is 328 Å². The molecule has 114 heavy (non-hydrogen) atoms. The summed E-state index contributed by atoms with van der Waals surface area (Å²) in [5.41, 5.74) is 14.0. The SMILES string of the molecule is CCCC(O)c1cccc(CCC2(O)CCC2)c1.CCCC(O)c1cccc(CCC2(O)CCCCCCC2)c1.CCCC(O)c1cccc(CCC2CCCCC2O)c1.CCCCc1cccc(CCC2(O)CCCC2)c1.CCCCc1cccc(CCC2(O)CCCCCCC2)c1.CCCCc1cccc(CCC2CC2)c1. The highest BCUT2D eigenvalue weighted by Gasteiger charge is 2.34. The number of aryl methyl sites for hydroxylation is 9. The fourth-order valence-electron chi connectivity index (χ4n) is 18.1. The monoisotopic (exact) mass is 1570 g/mol. The number of benzene rings is 6. The van der Waals surface area contributed by atoms with Crippen molar-refractivity contribution in [1.82, 2.24) is 0 Å². The third kappa shape index (κ3) is 38.4. The highest BCUT2D eigenvalue weighted by atomic mass is 16.3. The molecule has 6 saturated carbocycles. The molecule has 0 aromatic heterocycles. The quantitative estimate of drug-likeness (QED) is 0.0193. The van der Waals surface area contributed by atoms with Crippen LogP contribution in [0.3, 0.4) is 0 Å². The van der Waals surface area contributed by atoms with E-state index in [0.717, 1.165) is 202 Å². The predicted octanol–water partition coefficient (Wildman–Crippen LogP) is 26.4. The van der Waals surface area contributed by atoms with Crippen molar-refractivity contribution in [3.63, 3.8) is 0 Å². The Bertz CT molecular complexity index is 3450. The van der Waals surface area contributed by atoms with E-state index in [1.54, 1.807) is 5.56 Å². The molecule has 8 nitrogen and oxygen atoms in total. The van der Waals surface area contributed by atoms with Gasteiger partial charge in [0, 0.05) is 0 Å². The largest absolute Gasteiger partial charge is 0.393 e. The van der Waals surface area contributed by atoms with Crippen LogP contribution in [0.1, 0.15) is 416 Å². The van der Waals surface area contributed by atoms with Gasteiger partial charge in [-0.3, -0.25) is 0 Å². The van der Waals surface area contributed by atoms with Crippen LogP contribution in [-0.2, 0) is 57.8 Å². The summed E-state index contributed by atoms with van der Waals surface area (Å²) in [6.45, 7) is 13.0. The molecule has 0 bridgehead atoms. The second-order valence-corrected chi connectivity index (χ2v) is 36.5. The average molecular weight is 1570 g/mol. The normalized spacial score (nSPS) is 19.6. The molecule has 6 aromatic rings. The van der Waals surface area contributed by atoms with Gasteiger partial charge in [-0.2, -0.15) is 0 Å². The van der Waals surface area contributed by atoms with Gasteiger partial charge in [-0.25, -0.2) is 0 Å². The molecule has 8 heteroatoms. The van der Waals surface area contributed by atoms with E-state index in [2.05, 4.69) is 151 Å². The van der Waals surface area contributed by atoms with Gasteiger partial charge in [0.25, 0.3) is 0 Å². The van der Waals surface area contributed by atoms with Crippen LogP contribution in [0.2, 0.25) is 0 Å². The van der Waals surface area contributed by atoms with Crippen LogP contribution in [0.4, 0.5) is 0 Å². The van der Waals surface area contributed by atoms with Crippen LogP contribution in [0.25, 0.3) is 0 Å². The molecule has 12 rings (SSSR count). The molecule has 5 atom stereocenters. The first-order valence-electron chi connectivity index (χ1n) is 47.4. The predicted molar refractivity (Wildman–Crippen MR) is 481 cm³/mol. The van der Waals surface area contributed by atoms with E-state index < -0.39 is 16.8 Å². The Morgan fingerprint density at radius 1 is 0.281 bits per heavy atom. The number of rotatable bonds is 36. The van der Waals surface area contributed by atoms with E-state index in [-0.39, 0.29) is 30.0 Å². The summed E-state index contributed by atoms with van der Waals surface area (Å²) in [6, 6.07) is 51.9. The van der Waals surface area contributed by atoms with Crippen molar-refractivity contribution >= 4 is 0 Å². The van der Waals surface area contributed by atoms with Crippen molar-refractivity contribution in [1.29, 1.82) is 0 Å². The van der Waals surface area contributed by atoms with Crippen molar-refractivity contribution < 1.29 is 40.9 Å². The zero-order valence-electron chi connectivity index (χ0n) is 73.1. The third-order valence-corrected chi connectivity index (χ3v) is 26.2. The molecular weight excluding hydrogens is 1400 g/mol. The standard InChI is InChI=1S/C20H32O2.C20H32O.C18H28O2.C17H26O.C16H24O2.C15H22/c1-2-9-19(21)18-11-8-10-17(16-18)12-15-20(22)13-6-4-3-5-7-14-20;1-2-3-10-18-11-9-12-19(17-18)13-16-20(21)14-7-5-4-6-8-15-20;1-2-6-17(19)16-9-5-7-14(13-16)11-12-15-8-3-4-10-18(15)20;1-2-3-7-15-8-6-9-16(14-15)10-13-17(18)11-4-5-12-17;1-2-5-15(17)14-7-3-6-13(12-14)8-11-16(18)9-4-10-16;1-2-3-5-14-6-4-7-15(12-14)11-10-13-8-9-13/h8,10-11,16,19,21-22H,2-7,9,12-15H2,1H3;9,11-12,17,21H,2-8,10,13-16H2,1H3;5,7,9,13,15,17-20H,2-4,6,8,10-12H2,1H3;6,8-9,14,18H,2-5,7,10-13H2,1H3;3,6-7,12,15,17-18H,2,4-5,8-11H2,1H3;4,6-7,12-13H,2-3,5,8-11H2,1H3. The highest BCUT2D eigenvalue weighted by Crippen LogP contribution is 2.39. The summed E-state index contributed by atoms with van der Waals surface area (Å²) in [4.78, 5) is 0. The van der Waals surface area contributed by atoms with Crippen LogP contribution >= 0.6 is 0 Å². The van der Waals surface area contributed by atoms with Gasteiger partial charge in [0.2, 0.25) is 0 Å². The zero-order chi connectivity index (χ0) is 81.5. The van der Waals surface area contributed by atoms with Crippen LogP contribution in [0, 0.1) is 11.8 Å². The molecule has 0 heterocycles. The molecule has 6 aliphatic rings. The molecule has 0 radical (unpaired) electrons. The summed E-state index contributed by atoms with van der Waals surface area (Å²) >= 11 is 0. The van der Waals surface area contributed by atoms with Crippen LogP contribution in [0.5, 0.6) is 0 Å². The van der Waals surface area contributed by atoms with E-state index >= 15 is 0 Å². The van der Waals surface area contributed by atoms with Crippen LogP contribution < -0.4 is 0 Å². The summed E-state index contributed by atoms with van der Waals surface area (Å²) in [5, 5.41) is 82.3. The lowest BCUT2D eigenvalue weighted by molar-refractivity contribution is -0.0398.